The molecule has 102 valence electrons. The number of alkyl halides is 3. The van der Waals surface area contributed by atoms with Crippen molar-refractivity contribution >= 4 is 0 Å². The van der Waals surface area contributed by atoms with Gasteiger partial charge in [0.25, 0.3) is 0 Å². The minimum Gasteiger partial charge on any atom is -0.308 e. The Morgan fingerprint density at radius 3 is 2.83 bits per heavy atom. The number of hydrogen-bond donors (Lipinski definition) is 1. The van der Waals surface area contributed by atoms with E-state index in [4.69, 9.17) is 0 Å². The summed E-state index contributed by atoms with van der Waals surface area (Å²) in [4.78, 5) is 0. The summed E-state index contributed by atoms with van der Waals surface area (Å²) in [5.41, 5.74) is 0.756. The average molecular weight is 262 g/mol. The quantitative estimate of drug-likeness (QED) is 0.906. The predicted octanol–water partition coefficient (Wildman–Crippen LogP) is 2.03. The van der Waals surface area contributed by atoms with Crippen LogP contribution in [0.25, 0.3) is 0 Å². The molecule has 0 radical (unpaired) electrons. The van der Waals surface area contributed by atoms with Crippen molar-refractivity contribution in [2.45, 2.75) is 44.4 Å². The maximum absolute atomic E-state index is 12.6. The summed E-state index contributed by atoms with van der Waals surface area (Å²) in [5, 5.41) is 10.8. The Morgan fingerprint density at radius 1 is 1.44 bits per heavy atom. The number of nitrogens with zero attached hydrogens (tertiary/aromatic N) is 3. The van der Waals surface area contributed by atoms with Gasteiger partial charge in [0.2, 0.25) is 0 Å². The molecule has 7 heteroatoms. The Labute approximate surface area is 104 Å². The molecule has 0 bridgehead atoms. The van der Waals surface area contributed by atoms with Gasteiger partial charge in [0.05, 0.1) is 11.6 Å². The second-order valence-corrected chi connectivity index (χ2v) is 4.87. The molecule has 1 N–H and O–H groups in total. The number of aromatic nitrogens is 3. The van der Waals surface area contributed by atoms with E-state index in [1.807, 2.05) is 0 Å². The fourth-order valence-electron chi connectivity index (χ4n) is 2.40. The van der Waals surface area contributed by atoms with Gasteiger partial charge in [-0.25, -0.2) is 0 Å². The summed E-state index contributed by atoms with van der Waals surface area (Å²) in [6, 6.07) is -0.0765. The first-order valence-corrected chi connectivity index (χ1v) is 6.10. The first-order chi connectivity index (χ1) is 8.45. The van der Waals surface area contributed by atoms with Gasteiger partial charge in [-0.05, 0) is 19.3 Å². The van der Waals surface area contributed by atoms with Crippen LogP contribution in [0.4, 0.5) is 13.2 Å². The molecular formula is C11H17F3N4. The number of rotatable bonds is 3. The van der Waals surface area contributed by atoms with Crippen molar-refractivity contribution in [1.29, 1.82) is 0 Å². The summed E-state index contributed by atoms with van der Waals surface area (Å²) in [5.74, 6) is -1.16. The molecule has 2 atom stereocenters. The molecule has 1 heterocycles. The standard InChI is InChI=1S/C11H17F3N4/c1-18-7-10(16-17-18)6-15-9-4-2-3-8(5-9)11(12,13)14/h7-9,15H,2-6H2,1H3. The van der Waals surface area contributed by atoms with Crippen LogP contribution in [0.2, 0.25) is 0 Å². The Bertz CT molecular complexity index is 388. The van der Waals surface area contributed by atoms with E-state index in [9.17, 15) is 13.2 Å². The fourth-order valence-corrected chi connectivity index (χ4v) is 2.40. The van der Waals surface area contributed by atoms with Crippen LogP contribution in [0.5, 0.6) is 0 Å². The van der Waals surface area contributed by atoms with Crippen molar-refractivity contribution in [3.8, 4) is 0 Å². The van der Waals surface area contributed by atoms with E-state index in [0.717, 1.165) is 12.1 Å². The monoisotopic (exact) mass is 262 g/mol. The van der Waals surface area contributed by atoms with Gasteiger partial charge in [-0.3, -0.25) is 4.68 Å². The van der Waals surface area contributed by atoms with Crippen LogP contribution >= 0.6 is 0 Å². The lowest BCUT2D eigenvalue weighted by atomic mass is 9.85. The first-order valence-electron chi connectivity index (χ1n) is 6.10. The van der Waals surface area contributed by atoms with Crippen molar-refractivity contribution in [2.75, 3.05) is 0 Å². The fraction of sp³-hybridized carbons (Fsp3) is 0.818. The van der Waals surface area contributed by atoms with Crippen LogP contribution in [0.15, 0.2) is 6.20 Å². The highest BCUT2D eigenvalue weighted by Gasteiger charge is 2.41. The first kappa shape index (κ1) is 13.3. The molecule has 18 heavy (non-hydrogen) atoms. The van der Waals surface area contributed by atoms with E-state index in [-0.39, 0.29) is 18.9 Å². The Kier molecular flexibility index (Phi) is 3.89. The molecule has 0 aromatic carbocycles. The third kappa shape index (κ3) is 3.44. The number of nitrogens with one attached hydrogen (secondary N) is 1. The van der Waals surface area contributed by atoms with E-state index < -0.39 is 12.1 Å². The third-order valence-electron chi connectivity index (χ3n) is 3.36. The molecule has 2 rings (SSSR count). The third-order valence-corrected chi connectivity index (χ3v) is 3.36. The SMILES string of the molecule is Cn1cc(CNC2CCCC(C(F)(F)F)C2)nn1. The zero-order chi connectivity index (χ0) is 13.2. The van der Waals surface area contributed by atoms with E-state index in [2.05, 4.69) is 15.6 Å². The van der Waals surface area contributed by atoms with E-state index in [1.54, 1.807) is 17.9 Å². The molecule has 0 saturated heterocycles. The maximum atomic E-state index is 12.6. The summed E-state index contributed by atoms with van der Waals surface area (Å²) >= 11 is 0. The molecule has 1 aliphatic rings. The maximum Gasteiger partial charge on any atom is 0.391 e. The number of aryl methyl sites for hydroxylation is 1. The summed E-state index contributed by atoms with van der Waals surface area (Å²) < 4.78 is 39.5. The van der Waals surface area contributed by atoms with Gasteiger partial charge in [-0.2, -0.15) is 13.2 Å². The second-order valence-electron chi connectivity index (χ2n) is 4.87. The molecular weight excluding hydrogens is 245 g/mol. The van der Waals surface area contributed by atoms with Gasteiger partial charge in [0.15, 0.2) is 0 Å². The second kappa shape index (κ2) is 5.26. The molecule has 0 aliphatic heterocycles. The van der Waals surface area contributed by atoms with Crippen LogP contribution in [-0.4, -0.2) is 27.2 Å². The molecule has 1 saturated carbocycles. The van der Waals surface area contributed by atoms with Crippen LogP contribution in [0.3, 0.4) is 0 Å². The lowest BCUT2D eigenvalue weighted by molar-refractivity contribution is -0.183. The van der Waals surface area contributed by atoms with Crippen molar-refractivity contribution in [2.24, 2.45) is 13.0 Å². The summed E-state index contributed by atoms with van der Waals surface area (Å²) in [6.45, 7) is 0.475. The van der Waals surface area contributed by atoms with Crippen molar-refractivity contribution in [1.82, 2.24) is 20.3 Å². The van der Waals surface area contributed by atoms with Crippen molar-refractivity contribution < 1.29 is 13.2 Å². The van der Waals surface area contributed by atoms with E-state index >= 15 is 0 Å². The number of halogens is 3. The molecule has 1 aromatic heterocycles. The van der Waals surface area contributed by atoms with Crippen LogP contribution in [0.1, 0.15) is 31.4 Å². The molecule has 1 aromatic rings. The Morgan fingerprint density at radius 2 is 2.22 bits per heavy atom. The molecule has 1 fully saturated rings. The topological polar surface area (TPSA) is 42.7 Å². The van der Waals surface area contributed by atoms with Gasteiger partial charge in [-0.15, -0.1) is 5.10 Å². The molecule has 4 nitrogen and oxygen atoms in total. The molecule has 2 unspecified atom stereocenters. The van der Waals surface area contributed by atoms with Gasteiger partial charge in [-0.1, -0.05) is 11.6 Å². The van der Waals surface area contributed by atoms with Gasteiger partial charge in [0, 0.05) is 25.8 Å². The average Bonchev–Trinajstić information content (AvgIpc) is 2.72. The van der Waals surface area contributed by atoms with Crippen LogP contribution < -0.4 is 5.32 Å². The minimum atomic E-state index is -4.06. The van der Waals surface area contributed by atoms with Gasteiger partial charge >= 0.3 is 6.18 Å². The Hall–Kier alpha value is -1.11. The Balaban J connectivity index is 1.83. The smallest absolute Gasteiger partial charge is 0.308 e. The van der Waals surface area contributed by atoms with Crippen LogP contribution in [0, 0.1) is 5.92 Å². The molecule has 1 aliphatic carbocycles. The van der Waals surface area contributed by atoms with Gasteiger partial charge < -0.3 is 5.32 Å². The van der Waals surface area contributed by atoms with Crippen molar-refractivity contribution in [3.63, 3.8) is 0 Å². The van der Waals surface area contributed by atoms with Crippen molar-refractivity contribution in [3.05, 3.63) is 11.9 Å². The van der Waals surface area contributed by atoms with Crippen LogP contribution in [-0.2, 0) is 13.6 Å². The minimum absolute atomic E-state index is 0.0765. The largest absolute Gasteiger partial charge is 0.391 e. The summed E-state index contributed by atoms with van der Waals surface area (Å²) in [6.07, 6.45) is -0.449. The van der Waals surface area contributed by atoms with Gasteiger partial charge in [0.1, 0.15) is 0 Å². The zero-order valence-corrected chi connectivity index (χ0v) is 10.2. The molecule has 0 spiro atoms. The highest BCUT2D eigenvalue weighted by Crippen LogP contribution is 2.37. The highest BCUT2D eigenvalue weighted by molar-refractivity contribution is 4.92. The zero-order valence-electron chi connectivity index (χ0n) is 10.2. The summed E-state index contributed by atoms with van der Waals surface area (Å²) in [7, 11) is 1.76. The lowest BCUT2D eigenvalue weighted by Crippen LogP contribution is -2.38. The van der Waals surface area contributed by atoms with E-state index in [1.165, 1.54) is 0 Å². The van der Waals surface area contributed by atoms with E-state index in [0.29, 0.717) is 13.0 Å². The predicted molar refractivity (Wildman–Crippen MR) is 59.6 cm³/mol. The lowest BCUT2D eigenvalue weighted by Gasteiger charge is -2.30. The normalized spacial score (nSPS) is 25.3. The molecule has 0 amide bonds. The highest BCUT2D eigenvalue weighted by atomic mass is 19.4. The number of hydrogen-bond acceptors (Lipinski definition) is 3.